The zero-order valence-corrected chi connectivity index (χ0v) is 16.8. The molecule has 2 saturated heterocycles. The first-order valence-corrected chi connectivity index (χ1v) is 10.2. The van der Waals surface area contributed by atoms with E-state index in [0.29, 0.717) is 5.02 Å². The molecule has 150 valence electrons. The van der Waals surface area contributed by atoms with Crippen LogP contribution >= 0.6 is 11.6 Å². The van der Waals surface area contributed by atoms with E-state index in [1.165, 1.54) is 4.90 Å². The number of hydrogen-bond acceptors (Lipinski definition) is 4. The van der Waals surface area contributed by atoms with Gasteiger partial charge in [-0.2, -0.15) is 0 Å². The molecule has 2 fully saturated rings. The Kier molecular flexibility index (Phi) is 4.77. The zero-order chi connectivity index (χ0) is 20.7. The van der Waals surface area contributed by atoms with Crippen molar-refractivity contribution >= 4 is 29.1 Å². The van der Waals surface area contributed by atoms with Crippen LogP contribution in [0.25, 0.3) is 0 Å². The van der Waals surface area contributed by atoms with Gasteiger partial charge in [-0.15, -0.1) is 0 Å². The minimum atomic E-state index is -0.873. The number of hydroxylamine groups is 1. The second kappa shape index (κ2) is 7.59. The molecule has 0 spiro atoms. The molecular formula is C24H19ClN2O3. The Morgan fingerprint density at radius 1 is 0.800 bits per heavy atom. The molecule has 0 aromatic heterocycles. The summed E-state index contributed by atoms with van der Waals surface area (Å²) in [5.74, 6) is -1.22. The highest BCUT2D eigenvalue weighted by Gasteiger charge is 2.60. The minimum absolute atomic E-state index is 0.232. The number of carbonyl (C=O) groups excluding carboxylic acids is 2. The maximum absolute atomic E-state index is 13.4. The SMILES string of the molecule is O=C1[C@@H]2[C@@H](c3ccccc3Cl)N(c3ccccc3)O[C@H]2C(=O)N1Cc1ccccc1. The molecule has 2 heterocycles. The maximum Gasteiger partial charge on any atom is 0.262 e. The molecule has 0 radical (unpaired) electrons. The van der Waals surface area contributed by atoms with Gasteiger partial charge in [-0.3, -0.25) is 19.3 Å². The highest BCUT2D eigenvalue weighted by Crippen LogP contribution is 2.48. The van der Waals surface area contributed by atoms with Crippen LogP contribution in [0.2, 0.25) is 5.02 Å². The number of anilines is 1. The zero-order valence-electron chi connectivity index (χ0n) is 16.0. The normalized spacial score (nSPS) is 23.2. The Morgan fingerprint density at radius 3 is 2.13 bits per heavy atom. The van der Waals surface area contributed by atoms with Gasteiger partial charge in [0, 0.05) is 5.02 Å². The number of carbonyl (C=O) groups is 2. The summed E-state index contributed by atoms with van der Waals surface area (Å²) in [5.41, 5.74) is 2.43. The van der Waals surface area contributed by atoms with Crippen molar-refractivity contribution in [2.45, 2.75) is 18.7 Å². The third kappa shape index (κ3) is 3.07. The number of para-hydroxylation sites is 1. The van der Waals surface area contributed by atoms with Crippen LogP contribution in [0.4, 0.5) is 5.69 Å². The third-order valence-electron chi connectivity index (χ3n) is 5.62. The van der Waals surface area contributed by atoms with E-state index in [1.54, 1.807) is 11.1 Å². The van der Waals surface area contributed by atoms with E-state index in [4.69, 9.17) is 16.4 Å². The number of likely N-dealkylation sites (tertiary alicyclic amines) is 1. The van der Waals surface area contributed by atoms with Gasteiger partial charge in [-0.05, 0) is 29.3 Å². The highest BCUT2D eigenvalue weighted by atomic mass is 35.5. The minimum Gasteiger partial charge on any atom is -0.275 e. The number of rotatable bonds is 4. The van der Waals surface area contributed by atoms with E-state index in [9.17, 15) is 9.59 Å². The van der Waals surface area contributed by atoms with E-state index in [0.717, 1.165) is 16.8 Å². The molecule has 3 aromatic carbocycles. The fourth-order valence-electron chi connectivity index (χ4n) is 4.22. The number of nitrogens with zero attached hydrogens (tertiary/aromatic N) is 2. The molecule has 2 aliphatic heterocycles. The fraction of sp³-hybridized carbons (Fsp3) is 0.167. The molecule has 3 aromatic rings. The lowest BCUT2D eigenvalue weighted by Crippen LogP contribution is -2.37. The predicted octanol–water partition coefficient (Wildman–Crippen LogP) is 4.39. The van der Waals surface area contributed by atoms with Crippen molar-refractivity contribution in [2.24, 2.45) is 5.92 Å². The number of fused-ring (bicyclic) bond motifs is 1. The summed E-state index contributed by atoms with van der Waals surface area (Å²) in [6.45, 7) is 0.232. The van der Waals surface area contributed by atoms with E-state index in [1.807, 2.05) is 78.9 Å². The van der Waals surface area contributed by atoms with Crippen LogP contribution in [-0.2, 0) is 21.0 Å². The van der Waals surface area contributed by atoms with Crippen LogP contribution in [0.3, 0.4) is 0 Å². The Bertz CT molecular complexity index is 1090. The van der Waals surface area contributed by atoms with E-state index >= 15 is 0 Å². The standard InChI is InChI=1S/C24H19ClN2O3/c25-19-14-8-7-13-18(19)21-20-22(30-27(21)17-11-5-2-6-12-17)24(29)26(23(20)28)15-16-9-3-1-4-10-16/h1-14,20-22H,15H2/t20-,21-,22-/m1/s1. The van der Waals surface area contributed by atoms with Crippen LogP contribution in [0.5, 0.6) is 0 Å². The van der Waals surface area contributed by atoms with Crippen molar-refractivity contribution < 1.29 is 14.4 Å². The summed E-state index contributed by atoms with van der Waals surface area (Å²) >= 11 is 6.51. The smallest absolute Gasteiger partial charge is 0.262 e. The summed E-state index contributed by atoms with van der Waals surface area (Å²) in [6.07, 6.45) is -0.873. The first-order valence-electron chi connectivity index (χ1n) is 9.80. The average molecular weight is 419 g/mol. The van der Waals surface area contributed by atoms with Crippen LogP contribution in [0.15, 0.2) is 84.9 Å². The summed E-state index contributed by atoms with van der Waals surface area (Å²) < 4.78 is 0. The molecule has 0 saturated carbocycles. The number of hydrogen-bond donors (Lipinski definition) is 0. The predicted molar refractivity (Wildman–Crippen MR) is 113 cm³/mol. The Labute approximate surface area is 179 Å². The van der Waals surface area contributed by atoms with Crippen LogP contribution in [0, 0.1) is 5.92 Å². The average Bonchev–Trinajstić information content (AvgIpc) is 3.27. The number of halogens is 1. The Hall–Kier alpha value is -3.15. The van der Waals surface area contributed by atoms with Gasteiger partial charge in [0.25, 0.3) is 5.91 Å². The van der Waals surface area contributed by atoms with Crippen molar-refractivity contribution in [1.82, 2.24) is 4.90 Å². The molecular weight excluding hydrogens is 400 g/mol. The summed E-state index contributed by atoms with van der Waals surface area (Å²) in [6, 6.07) is 25.8. The van der Waals surface area contributed by atoms with E-state index in [2.05, 4.69) is 0 Å². The molecule has 0 N–H and O–H groups in total. The second-order valence-electron chi connectivity index (χ2n) is 7.43. The lowest BCUT2D eigenvalue weighted by molar-refractivity contribution is -0.143. The lowest BCUT2D eigenvalue weighted by Gasteiger charge is -2.29. The first kappa shape index (κ1) is 18.9. The van der Waals surface area contributed by atoms with E-state index in [-0.39, 0.29) is 18.4 Å². The Balaban J connectivity index is 1.54. The van der Waals surface area contributed by atoms with Gasteiger partial charge in [0.2, 0.25) is 5.91 Å². The molecule has 5 nitrogen and oxygen atoms in total. The molecule has 0 bridgehead atoms. The van der Waals surface area contributed by atoms with Crippen LogP contribution in [0.1, 0.15) is 17.2 Å². The monoisotopic (exact) mass is 418 g/mol. The van der Waals surface area contributed by atoms with Gasteiger partial charge in [-0.1, -0.05) is 78.3 Å². The van der Waals surface area contributed by atoms with Crippen molar-refractivity contribution in [3.63, 3.8) is 0 Å². The molecule has 6 heteroatoms. The summed E-state index contributed by atoms with van der Waals surface area (Å²) in [5, 5.41) is 2.20. The fourth-order valence-corrected chi connectivity index (χ4v) is 4.47. The van der Waals surface area contributed by atoms with Crippen molar-refractivity contribution in [3.8, 4) is 0 Å². The van der Waals surface area contributed by atoms with Gasteiger partial charge >= 0.3 is 0 Å². The molecule has 30 heavy (non-hydrogen) atoms. The van der Waals surface area contributed by atoms with E-state index < -0.39 is 18.1 Å². The molecule has 0 unspecified atom stereocenters. The maximum atomic E-state index is 13.4. The number of benzene rings is 3. The van der Waals surface area contributed by atoms with Gasteiger partial charge in [0.1, 0.15) is 5.92 Å². The van der Waals surface area contributed by atoms with Crippen molar-refractivity contribution in [1.29, 1.82) is 0 Å². The Morgan fingerprint density at radius 2 is 1.43 bits per heavy atom. The molecule has 5 rings (SSSR count). The van der Waals surface area contributed by atoms with Crippen LogP contribution < -0.4 is 5.06 Å². The molecule has 2 amide bonds. The number of amides is 2. The quantitative estimate of drug-likeness (QED) is 0.590. The van der Waals surface area contributed by atoms with Crippen molar-refractivity contribution in [3.05, 3.63) is 101 Å². The van der Waals surface area contributed by atoms with Gasteiger partial charge in [0.05, 0.1) is 18.3 Å². The summed E-state index contributed by atoms with van der Waals surface area (Å²) in [7, 11) is 0. The topological polar surface area (TPSA) is 49.9 Å². The first-order chi connectivity index (χ1) is 14.6. The molecule has 2 aliphatic rings. The van der Waals surface area contributed by atoms with Gasteiger partial charge < -0.3 is 0 Å². The number of imide groups is 1. The lowest BCUT2D eigenvalue weighted by atomic mass is 9.90. The van der Waals surface area contributed by atoms with Crippen LogP contribution in [-0.4, -0.2) is 22.8 Å². The van der Waals surface area contributed by atoms with Gasteiger partial charge in [0.15, 0.2) is 6.10 Å². The summed E-state index contributed by atoms with van der Waals surface area (Å²) in [4.78, 5) is 34.0. The molecule has 3 atom stereocenters. The molecule has 0 aliphatic carbocycles. The van der Waals surface area contributed by atoms with Gasteiger partial charge in [-0.25, -0.2) is 5.06 Å². The highest BCUT2D eigenvalue weighted by molar-refractivity contribution is 6.31. The third-order valence-corrected chi connectivity index (χ3v) is 5.97. The largest absolute Gasteiger partial charge is 0.275 e. The van der Waals surface area contributed by atoms with Crippen molar-refractivity contribution in [2.75, 3.05) is 5.06 Å². The second-order valence-corrected chi connectivity index (χ2v) is 7.83.